The number of hydrogen-bond donors (Lipinski definition) is 2. The van der Waals surface area contributed by atoms with E-state index in [-0.39, 0.29) is 11.4 Å². The zero-order chi connectivity index (χ0) is 31.4. The largest absolute Gasteiger partial charge is 0.492 e. The van der Waals surface area contributed by atoms with Crippen molar-refractivity contribution < 1.29 is 9.53 Å². The van der Waals surface area contributed by atoms with Crippen molar-refractivity contribution in [3.8, 4) is 17.1 Å². The number of aromatic amines is 1. The molecule has 0 spiro atoms. The normalized spacial score (nSPS) is 16.7. The van der Waals surface area contributed by atoms with E-state index in [2.05, 4.69) is 90.3 Å². The van der Waals surface area contributed by atoms with Gasteiger partial charge in [-0.05, 0) is 66.1 Å². The van der Waals surface area contributed by atoms with Crippen LogP contribution in [0, 0.1) is 5.92 Å². The Morgan fingerprint density at radius 1 is 0.933 bits per heavy atom. The van der Waals surface area contributed by atoms with E-state index in [0.29, 0.717) is 6.61 Å². The Labute approximate surface area is 267 Å². The van der Waals surface area contributed by atoms with E-state index in [1.807, 2.05) is 29.2 Å². The number of anilines is 2. The van der Waals surface area contributed by atoms with E-state index in [0.717, 1.165) is 98.4 Å². The molecule has 45 heavy (non-hydrogen) atoms. The van der Waals surface area contributed by atoms with Gasteiger partial charge < -0.3 is 24.8 Å². The maximum Gasteiger partial charge on any atom is 0.321 e. The predicted octanol–water partition coefficient (Wildman–Crippen LogP) is 7.38. The van der Waals surface area contributed by atoms with Gasteiger partial charge in [0.25, 0.3) is 0 Å². The predicted molar refractivity (Wildman–Crippen MR) is 184 cm³/mol. The van der Waals surface area contributed by atoms with E-state index in [9.17, 15) is 4.79 Å². The minimum absolute atomic E-state index is 0.00720. The summed E-state index contributed by atoms with van der Waals surface area (Å²) in [6.07, 6.45) is 3.39. The van der Waals surface area contributed by atoms with E-state index in [1.54, 1.807) is 0 Å². The third kappa shape index (κ3) is 7.44. The van der Waals surface area contributed by atoms with Crippen LogP contribution in [0.2, 0.25) is 0 Å². The molecule has 2 fully saturated rings. The minimum Gasteiger partial charge on any atom is -0.492 e. The third-order valence-electron chi connectivity index (χ3n) is 9.49. The fourth-order valence-electron chi connectivity index (χ4n) is 6.42. The van der Waals surface area contributed by atoms with Gasteiger partial charge in [-0.15, -0.1) is 0 Å². The van der Waals surface area contributed by atoms with E-state index < -0.39 is 0 Å². The van der Waals surface area contributed by atoms with Crippen LogP contribution in [0.25, 0.3) is 22.4 Å². The number of hydrogen-bond acceptors (Lipinski definition) is 5. The Hall–Kier alpha value is -4.04. The monoisotopic (exact) mass is 608 g/mol. The van der Waals surface area contributed by atoms with Crippen molar-refractivity contribution in [2.45, 2.75) is 52.4 Å². The molecule has 2 aliphatic rings. The van der Waals surface area contributed by atoms with Gasteiger partial charge in [-0.3, -0.25) is 4.90 Å². The molecule has 1 aromatic heterocycles. The van der Waals surface area contributed by atoms with Crippen LogP contribution in [0.15, 0.2) is 66.7 Å². The maximum atomic E-state index is 12.6. The van der Waals surface area contributed by atoms with Gasteiger partial charge in [0.05, 0.1) is 11.2 Å². The fourth-order valence-corrected chi connectivity index (χ4v) is 6.42. The molecular formula is C37H48N6O2. The Kier molecular flexibility index (Phi) is 9.31. The molecule has 6 rings (SSSR count). The number of likely N-dealkylation sites (tertiary alicyclic amines) is 1. The summed E-state index contributed by atoms with van der Waals surface area (Å²) in [4.78, 5) is 28.1. The SMILES string of the molecule is CCC1CCN(C(=O)Nc2ccc(OCCN3CCN(c4cccc5[nH]c(-c6ccc(C(C)(C)C)cc6)nc45)CC3)cc2)CC1. The standard InChI is InChI=1S/C37H48N6O2/c1-5-27-17-19-43(20-18-27)36(44)38-30-13-15-31(16-14-30)45-26-25-41-21-23-42(24-22-41)33-8-6-7-32-34(33)40-35(39-32)28-9-11-29(12-10-28)37(2,3)4/h6-16,27H,5,17-26H2,1-4H3,(H,38,44)(H,39,40). The van der Waals surface area contributed by atoms with Crippen LogP contribution in [0.5, 0.6) is 5.75 Å². The number of piperazine rings is 1. The fraction of sp³-hybridized carbons (Fsp3) is 0.459. The molecule has 2 amide bonds. The maximum absolute atomic E-state index is 12.6. The minimum atomic E-state index is -0.00720. The summed E-state index contributed by atoms with van der Waals surface area (Å²) < 4.78 is 6.06. The number of ether oxygens (including phenoxy) is 1. The Balaban J connectivity index is 0.969. The second-order valence-corrected chi connectivity index (χ2v) is 13.6. The van der Waals surface area contributed by atoms with E-state index >= 15 is 0 Å². The van der Waals surface area contributed by atoms with Crippen LogP contribution in [0.3, 0.4) is 0 Å². The highest BCUT2D eigenvalue weighted by Crippen LogP contribution is 2.30. The zero-order valence-corrected chi connectivity index (χ0v) is 27.3. The first-order valence-corrected chi connectivity index (χ1v) is 16.6. The molecule has 2 N–H and O–H groups in total. The number of nitrogens with zero attached hydrogens (tertiary/aromatic N) is 4. The van der Waals surface area contributed by atoms with Gasteiger partial charge in [-0.2, -0.15) is 0 Å². The lowest BCUT2D eigenvalue weighted by Crippen LogP contribution is -2.47. The number of H-pyrrole nitrogens is 1. The molecule has 2 aliphatic heterocycles. The molecule has 0 saturated carbocycles. The van der Waals surface area contributed by atoms with Crippen molar-refractivity contribution in [3.63, 3.8) is 0 Å². The number of nitrogens with one attached hydrogen (secondary N) is 2. The molecule has 4 aromatic rings. The molecule has 0 unspecified atom stereocenters. The number of benzene rings is 3. The number of rotatable bonds is 8. The van der Waals surface area contributed by atoms with Crippen molar-refractivity contribution in [2.75, 3.05) is 62.6 Å². The molecule has 8 nitrogen and oxygen atoms in total. The van der Waals surface area contributed by atoms with E-state index in [4.69, 9.17) is 9.72 Å². The first-order valence-electron chi connectivity index (χ1n) is 16.6. The molecule has 0 bridgehead atoms. The smallest absolute Gasteiger partial charge is 0.321 e. The van der Waals surface area contributed by atoms with Crippen molar-refractivity contribution in [1.29, 1.82) is 0 Å². The number of carbonyl (C=O) groups excluding carboxylic acids is 1. The van der Waals surface area contributed by atoms with Crippen molar-refractivity contribution in [1.82, 2.24) is 19.8 Å². The van der Waals surface area contributed by atoms with Gasteiger partial charge in [0.1, 0.15) is 23.7 Å². The molecule has 3 aromatic carbocycles. The van der Waals surface area contributed by atoms with Gasteiger partial charge >= 0.3 is 6.03 Å². The molecule has 0 radical (unpaired) electrons. The number of para-hydroxylation sites is 1. The lowest BCUT2D eigenvalue weighted by molar-refractivity contribution is 0.181. The highest BCUT2D eigenvalue weighted by Gasteiger charge is 2.23. The number of amides is 2. The van der Waals surface area contributed by atoms with Gasteiger partial charge in [-0.25, -0.2) is 9.78 Å². The summed E-state index contributed by atoms with van der Waals surface area (Å²) in [6.45, 7) is 16.0. The zero-order valence-electron chi connectivity index (χ0n) is 27.3. The van der Waals surface area contributed by atoms with Gasteiger partial charge in [0, 0.05) is 57.1 Å². The summed E-state index contributed by atoms with van der Waals surface area (Å²) in [5.41, 5.74) is 6.66. The molecular weight excluding hydrogens is 560 g/mol. The highest BCUT2D eigenvalue weighted by atomic mass is 16.5. The Bertz CT molecular complexity index is 1560. The second kappa shape index (κ2) is 13.5. The van der Waals surface area contributed by atoms with Crippen molar-refractivity contribution in [3.05, 3.63) is 72.3 Å². The molecule has 8 heteroatoms. The van der Waals surface area contributed by atoms with Crippen LogP contribution < -0.4 is 15.0 Å². The molecule has 0 atom stereocenters. The van der Waals surface area contributed by atoms with Gasteiger partial charge in [-0.1, -0.05) is 64.4 Å². The highest BCUT2D eigenvalue weighted by molar-refractivity contribution is 5.91. The van der Waals surface area contributed by atoms with Crippen LogP contribution in [-0.2, 0) is 5.41 Å². The molecule has 3 heterocycles. The second-order valence-electron chi connectivity index (χ2n) is 13.6. The Morgan fingerprint density at radius 3 is 2.31 bits per heavy atom. The average Bonchev–Trinajstić information content (AvgIpc) is 3.50. The summed E-state index contributed by atoms with van der Waals surface area (Å²) >= 11 is 0. The third-order valence-corrected chi connectivity index (χ3v) is 9.49. The summed E-state index contributed by atoms with van der Waals surface area (Å²) in [5.74, 6) is 2.49. The Morgan fingerprint density at radius 2 is 1.64 bits per heavy atom. The van der Waals surface area contributed by atoms with Crippen molar-refractivity contribution >= 4 is 28.4 Å². The van der Waals surface area contributed by atoms with Crippen LogP contribution in [0.1, 0.15) is 52.5 Å². The van der Waals surface area contributed by atoms with Crippen LogP contribution >= 0.6 is 0 Å². The number of urea groups is 1. The first kappa shape index (κ1) is 31.0. The molecule has 2 saturated heterocycles. The number of carbonyl (C=O) groups is 1. The lowest BCUT2D eigenvalue weighted by Gasteiger charge is -2.36. The first-order chi connectivity index (χ1) is 21.8. The summed E-state index contributed by atoms with van der Waals surface area (Å²) in [5, 5.41) is 3.04. The number of imidazole rings is 1. The lowest BCUT2D eigenvalue weighted by atomic mass is 9.87. The number of piperidine rings is 1. The van der Waals surface area contributed by atoms with Crippen LogP contribution in [0.4, 0.5) is 16.2 Å². The summed E-state index contributed by atoms with van der Waals surface area (Å²) in [6, 6.07) is 22.9. The average molecular weight is 609 g/mol. The van der Waals surface area contributed by atoms with Crippen molar-refractivity contribution in [2.24, 2.45) is 5.92 Å². The van der Waals surface area contributed by atoms with Crippen LogP contribution in [-0.4, -0.2) is 78.2 Å². The number of fused-ring (bicyclic) bond motifs is 1. The topological polar surface area (TPSA) is 76.7 Å². The number of aromatic nitrogens is 2. The quantitative estimate of drug-likeness (QED) is 0.218. The van der Waals surface area contributed by atoms with Gasteiger partial charge in [0.15, 0.2) is 0 Å². The molecule has 0 aliphatic carbocycles. The molecule has 238 valence electrons. The van der Waals surface area contributed by atoms with Gasteiger partial charge in [0.2, 0.25) is 0 Å². The summed E-state index contributed by atoms with van der Waals surface area (Å²) in [7, 11) is 0. The van der Waals surface area contributed by atoms with E-state index in [1.165, 1.54) is 17.7 Å².